The molecule has 2 aliphatic heterocycles. The van der Waals surface area contributed by atoms with Crippen LogP contribution in [0.3, 0.4) is 0 Å². The average molecular weight is 1270 g/mol. The Morgan fingerprint density at radius 3 is 1.32 bits per heavy atom. The summed E-state index contributed by atoms with van der Waals surface area (Å²) in [7, 11) is 3.22. The minimum atomic E-state index is -0.667. The smallest absolute Gasteiger partial charge is 0.262 e. The van der Waals surface area contributed by atoms with Crippen molar-refractivity contribution in [2.45, 2.75) is 210 Å². The van der Waals surface area contributed by atoms with E-state index in [1.54, 1.807) is 59.4 Å². The minimum absolute atomic E-state index is 0.00562. The van der Waals surface area contributed by atoms with Crippen LogP contribution in [0.5, 0.6) is 0 Å². The van der Waals surface area contributed by atoms with E-state index in [9.17, 15) is 19.2 Å². The summed E-state index contributed by atoms with van der Waals surface area (Å²) in [6.45, 7) is 41.1. The van der Waals surface area contributed by atoms with E-state index in [1.165, 1.54) is 117 Å². The summed E-state index contributed by atoms with van der Waals surface area (Å²) in [5.74, 6) is 0.288. The van der Waals surface area contributed by atoms with E-state index in [-0.39, 0.29) is 39.9 Å². The van der Waals surface area contributed by atoms with Crippen molar-refractivity contribution in [3.8, 4) is 40.4 Å². The van der Waals surface area contributed by atoms with Crippen LogP contribution < -0.4 is 0 Å². The first-order chi connectivity index (χ1) is 39.8. The lowest BCUT2D eigenvalue weighted by atomic mass is 9.65. The third-order valence-electron chi connectivity index (χ3n) is 21.0. The SMILES string of the molecule is CCCCC(CC)Cc1ccc(-c2c3cc(-c4sc(C(C)(C)C(C)(C)c5ccc(-c6sc(C(C)(C)C(C)(C)C)c7c6C(=O)N(C)C7=O)s5)c5c4C(=O)N(C)C5=O)sc3c(-c3ccc(CC(CC)CCCC)s3)c3sc(C(C)(C)C(C)(C)C)cc23)s1. The summed E-state index contributed by atoms with van der Waals surface area (Å²) in [4.78, 5) is 73.7. The zero-order valence-corrected chi connectivity index (χ0v) is 59.9. The summed E-state index contributed by atoms with van der Waals surface area (Å²) < 4.78 is 2.56. The number of unbranched alkanes of at least 4 members (excludes halogenated alkanes) is 2. The van der Waals surface area contributed by atoms with Gasteiger partial charge < -0.3 is 0 Å². The molecule has 1 aromatic carbocycles. The normalized spacial score (nSPS) is 15.5. The van der Waals surface area contributed by atoms with Gasteiger partial charge in [-0.1, -0.05) is 176 Å². The van der Waals surface area contributed by atoms with Crippen molar-refractivity contribution >= 4 is 123 Å². The van der Waals surface area contributed by atoms with Crippen LogP contribution in [0.15, 0.2) is 48.5 Å². The number of hydrogen-bond donors (Lipinski definition) is 0. The Morgan fingerprint density at radius 1 is 0.400 bits per heavy atom. The molecule has 0 spiro atoms. The van der Waals surface area contributed by atoms with Gasteiger partial charge in [-0.2, -0.15) is 0 Å². The van der Waals surface area contributed by atoms with Crippen molar-refractivity contribution in [3.63, 3.8) is 0 Å². The van der Waals surface area contributed by atoms with Crippen molar-refractivity contribution in [1.82, 2.24) is 9.80 Å². The second-order valence-corrected chi connectivity index (χ2v) is 36.3. The molecule has 9 heterocycles. The van der Waals surface area contributed by atoms with E-state index in [0.717, 1.165) is 47.0 Å². The van der Waals surface area contributed by atoms with Crippen molar-refractivity contribution < 1.29 is 19.2 Å². The van der Waals surface area contributed by atoms with Crippen LogP contribution in [0.2, 0.25) is 0 Å². The lowest BCUT2D eigenvalue weighted by Crippen LogP contribution is -2.40. The first kappa shape index (κ1) is 63.9. The molecule has 7 aromatic heterocycles. The highest BCUT2D eigenvalue weighted by atomic mass is 32.1. The molecule has 8 aromatic rings. The molecule has 0 aliphatic carbocycles. The number of carbonyl (C=O) groups excluding carboxylic acids is 4. The van der Waals surface area contributed by atoms with Gasteiger partial charge in [0.25, 0.3) is 23.6 Å². The molecule has 0 fully saturated rings. The predicted octanol–water partition coefficient (Wildman–Crippen LogP) is 23.0. The van der Waals surface area contributed by atoms with E-state index >= 15 is 0 Å². The van der Waals surface area contributed by atoms with Crippen LogP contribution in [-0.2, 0) is 34.5 Å². The number of amides is 4. The number of imide groups is 2. The Hall–Kier alpha value is -4.08. The quantitative estimate of drug-likeness (QED) is 0.0672. The van der Waals surface area contributed by atoms with E-state index < -0.39 is 16.2 Å². The highest BCUT2D eigenvalue weighted by Crippen LogP contribution is 2.60. The molecule has 0 radical (unpaired) electrons. The summed E-state index contributed by atoms with van der Waals surface area (Å²) in [5, 5.41) is 2.50. The maximum Gasteiger partial charge on any atom is 0.262 e. The summed E-state index contributed by atoms with van der Waals surface area (Å²) in [5.41, 5.74) is 2.71. The molecule has 2 atom stereocenters. The Morgan fingerprint density at radius 2 is 0.835 bits per heavy atom. The fourth-order valence-corrected chi connectivity index (χ4v) is 22.2. The molecule has 0 saturated heterocycles. The molecule has 2 unspecified atom stereocenters. The number of thiophene rings is 7. The molecule has 0 bridgehead atoms. The monoisotopic (exact) mass is 1270 g/mol. The van der Waals surface area contributed by atoms with Crippen molar-refractivity contribution in [2.75, 3.05) is 14.1 Å². The number of carbonyl (C=O) groups is 4. The van der Waals surface area contributed by atoms with Gasteiger partial charge >= 0.3 is 0 Å². The van der Waals surface area contributed by atoms with Gasteiger partial charge in [0.05, 0.1) is 32.0 Å². The highest BCUT2D eigenvalue weighted by Gasteiger charge is 2.51. The number of benzene rings is 1. The second-order valence-electron chi connectivity index (χ2n) is 28.8. The van der Waals surface area contributed by atoms with Gasteiger partial charge in [0.2, 0.25) is 0 Å². The highest BCUT2D eigenvalue weighted by molar-refractivity contribution is 7.29. The Labute approximate surface area is 535 Å². The maximum absolute atomic E-state index is 14.9. The molecule has 454 valence electrons. The Balaban J connectivity index is 1.17. The van der Waals surface area contributed by atoms with Gasteiger partial charge in [-0.25, -0.2) is 0 Å². The van der Waals surface area contributed by atoms with Crippen LogP contribution in [0.25, 0.3) is 60.6 Å². The molecule has 0 saturated carbocycles. The van der Waals surface area contributed by atoms with Gasteiger partial charge in [-0.3, -0.25) is 29.0 Å². The topological polar surface area (TPSA) is 74.8 Å². The maximum atomic E-state index is 14.9. The zero-order chi connectivity index (χ0) is 62.0. The largest absolute Gasteiger partial charge is 0.277 e. The molecular formula is C72H90N2O4S7. The van der Waals surface area contributed by atoms with E-state index in [4.69, 9.17) is 0 Å². The van der Waals surface area contributed by atoms with Crippen LogP contribution in [-0.4, -0.2) is 47.5 Å². The third kappa shape index (κ3) is 10.6. The Bertz CT molecular complexity index is 3800. The summed E-state index contributed by atoms with van der Waals surface area (Å²) in [6, 6.07) is 18.8. The summed E-state index contributed by atoms with van der Waals surface area (Å²) >= 11 is 12.5. The lowest BCUT2D eigenvalue weighted by molar-refractivity contribution is 0.0676. The van der Waals surface area contributed by atoms with E-state index in [0.29, 0.717) is 34.1 Å². The van der Waals surface area contributed by atoms with Crippen LogP contribution in [0, 0.1) is 22.7 Å². The van der Waals surface area contributed by atoms with Crippen LogP contribution in [0.4, 0.5) is 0 Å². The van der Waals surface area contributed by atoms with Crippen LogP contribution in [0.1, 0.15) is 247 Å². The molecule has 6 nitrogen and oxygen atoms in total. The predicted molar refractivity (Wildman–Crippen MR) is 373 cm³/mol. The van der Waals surface area contributed by atoms with Gasteiger partial charge in [-0.05, 0) is 84.0 Å². The second kappa shape index (κ2) is 23.1. The molecular weight excluding hydrogens is 1180 g/mol. The molecule has 85 heavy (non-hydrogen) atoms. The van der Waals surface area contributed by atoms with Crippen molar-refractivity contribution in [3.05, 3.63) is 100 Å². The Kier molecular flexibility index (Phi) is 17.3. The molecule has 4 amide bonds. The van der Waals surface area contributed by atoms with Gasteiger partial charge in [-0.15, -0.1) is 79.4 Å². The van der Waals surface area contributed by atoms with Gasteiger partial charge in [0, 0.05) is 116 Å². The van der Waals surface area contributed by atoms with Gasteiger partial charge in [0.15, 0.2) is 0 Å². The van der Waals surface area contributed by atoms with Gasteiger partial charge in [0.1, 0.15) is 0 Å². The number of fused-ring (bicyclic) bond motifs is 4. The molecule has 13 heteroatoms. The van der Waals surface area contributed by atoms with E-state index in [1.807, 2.05) is 34.0 Å². The first-order valence-corrected chi connectivity index (χ1v) is 36.8. The average Bonchev–Trinajstić information content (AvgIpc) is 1.59. The summed E-state index contributed by atoms with van der Waals surface area (Å²) in [6.07, 6.45) is 11.9. The zero-order valence-electron chi connectivity index (χ0n) is 54.2. The molecule has 10 rings (SSSR count). The minimum Gasteiger partial charge on any atom is -0.277 e. The molecule has 0 N–H and O–H groups in total. The van der Waals surface area contributed by atoms with E-state index in [2.05, 4.69) is 173 Å². The number of nitrogens with zero attached hydrogens (tertiary/aromatic N) is 2. The molecule has 2 aliphatic rings. The number of rotatable bonds is 21. The standard InChI is InChI=1S/C72H90N2O4S7/c1-21-25-27-39(23-3)35-41-29-31-45(79-41)51-43-37-48(82-57(43)52(46-32-30-42(80-46)36-40(24-4)28-26-22-2)58-44(51)38-50(83-58)69(11,12)67(5,6)7)60-54-56(66(78)74(20)64(54)76)62(85-60)72(17,18)70(13,14)49-34-33-47(81-49)59-53-55(65(77)73(19)63(53)75)61(84-59)71(15,16)68(8,9)10/h29-34,37-40H,21-28,35-36H2,1-20H3. The van der Waals surface area contributed by atoms with Crippen LogP contribution >= 0.6 is 79.4 Å². The van der Waals surface area contributed by atoms with Crippen molar-refractivity contribution in [2.24, 2.45) is 22.7 Å². The fourth-order valence-electron chi connectivity index (χ4n) is 12.2. The first-order valence-electron chi connectivity index (χ1n) is 31.1. The fraction of sp³-hybridized carbons (Fsp3) is 0.528. The van der Waals surface area contributed by atoms with Crippen molar-refractivity contribution in [1.29, 1.82) is 0 Å². The number of hydrogen-bond acceptors (Lipinski definition) is 11. The lowest BCUT2D eigenvalue weighted by Gasteiger charge is -2.41. The third-order valence-corrected chi connectivity index (χ3v) is 30.6.